The van der Waals surface area contributed by atoms with E-state index in [1.807, 2.05) is 97.1 Å². The van der Waals surface area contributed by atoms with Crippen LogP contribution in [0.3, 0.4) is 0 Å². The summed E-state index contributed by atoms with van der Waals surface area (Å²) in [5.74, 6) is -0.0717. The SMILES string of the molecule is COc1nc2ccc(Br)cc2cc1C(C(=O)c1cccc2ccccc12)c1ccccc1. The number of carbonyl (C=O) groups excluding carboxylic acids is 1. The molecule has 0 saturated heterocycles. The van der Waals surface area contributed by atoms with Gasteiger partial charge in [-0.25, -0.2) is 4.98 Å². The van der Waals surface area contributed by atoms with Gasteiger partial charge in [0.1, 0.15) is 0 Å². The van der Waals surface area contributed by atoms with Gasteiger partial charge in [0.15, 0.2) is 5.78 Å². The first-order valence-electron chi connectivity index (χ1n) is 10.4. The Morgan fingerprint density at radius 3 is 2.41 bits per heavy atom. The number of aromatic nitrogens is 1. The molecule has 1 atom stereocenters. The molecule has 0 aliphatic carbocycles. The number of ketones is 1. The number of benzene rings is 4. The van der Waals surface area contributed by atoms with Crippen LogP contribution < -0.4 is 4.74 Å². The van der Waals surface area contributed by atoms with Crippen LogP contribution in [0.1, 0.15) is 27.4 Å². The third-order valence-corrected chi connectivity index (χ3v) is 6.22. The van der Waals surface area contributed by atoms with Gasteiger partial charge in [0.2, 0.25) is 5.88 Å². The number of ether oxygens (including phenoxy) is 1. The van der Waals surface area contributed by atoms with E-state index in [4.69, 9.17) is 9.72 Å². The van der Waals surface area contributed by atoms with E-state index in [9.17, 15) is 4.79 Å². The first kappa shape index (κ1) is 20.4. The standard InChI is InChI=1S/C28H20BrNO2/c1-32-28-24(17-20-16-21(29)14-15-25(20)30-28)26(19-9-3-2-4-10-19)27(31)23-13-7-11-18-8-5-6-12-22(18)23/h2-17,26H,1H3. The van der Waals surface area contributed by atoms with Gasteiger partial charge in [-0.05, 0) is 40.6 Å². The maximum atomic E-state index is 14.1. The third-order valence-electron chi connectivity index (χ3n) is 5.72. The molecule has 4 aromatic carbocycles. The van der Waals surface area contributed by atoms with Gasteiger partial charge in [0.25, 0.3) is 0 Å². The van der Waals surface area contributed by atoms with Crippen molar-refractivity contribution in [2.45, 2.75) is 5.92 Å². The summed E-state index contributed by atoms with van der Waals surface area (Å²) < 4.78 is 6.64. The third kappa shape index (κ3) is 3.67. The summed E-state index contributed by atoms with van der Waals surface area (Å²) in [5.41, 5.74) is 3.16. The minimum absolute atomic E-state index is 0.0162. The maximum Gasteiger partial charge on any atom is 0.217 e. The smallest absolute Gasteiger partial charge is 0.217 e. The van der Waals surface area contributed by atoms with Crippen molar-refractivity contribution in [3.05, 3.63) is 118 Å². The fraction of sp³-hybridized carbons (Fsp3) is 0.0714. The Morgan fingerprint density at radius 2 is 1.59 bits per heavy atom. The normalized spacial score (nSPS) is 12.1. The first-order valence-corrected chi connectivity index (χ1v) is 11.2. The van der Waals surface area contributed by atoms with Crippen molar-refractivity contribution >= 4 is 43.4 Å². The van der Waals surface area contributed by atoms with Crippen molar-refractivity contribution < 1.29 is 9.53 Å². The molecular weight excluding hydrogens is 462 g/mol. The highest BCUT2D eigenvalue weighted by molar-refractivity contribution is 9.10. The van der Waals surface area contributed by atoms with Crippen molar-refractivity contribution in [2.24, 2.45) is 0 Å². The van der Waals surface area contributed by atoms with Crippen LogP contribution in [0, 0.1) is 0 Å². The Hall–Kier alpha value is -3.50. The lowest BCUT2D eigenvalue weighted by molar-refractivity contribution is 0.0974. The molecule has 5 aromatic rings. The Morgan fingerprint density at radius 1 is 0.844 bits per heavy atom. The van der Waals surface area contributed by atoms with Gasteiger partial charge >= 0.3 is 0 Å². The molecule has 0 bridgehead atoms. The van der Waals surface area contributed by atoms with Crippen LogP contribution in [-0.4, -0.2) is 17.9 Å². The molecule has 0 amide bonds. The fourth-order valence-electron chi connectivity index (χ4n) is 4.23. The maximum absolute atomic E-state index is 14.1. The zero-order valence-electron chi connectivity index (χ0n) is 17.5. The Balaban J connectivity index is 1.76. The van der Waals surface area contributed by atoms with Gasteiger partial charge in [0.05, 0.1) is 18.5 Å². The number of Topliss-reactive ketones (excluding diaryl/α,β-unsaturated/α-hetero) is 1. The van der Waals surface area contributed by atoms with Gasteiger partial charge in [0, 0.05) is 21.0 Å². The summed E-state index contributed by atoms with van der Waals surface area (Å²) in [7, 11) is 1.60. The topological polar surface area (TPSA) is 39.2 Å². The second-order valence-corrected chi connectivity index (χ2v) is 8.57. The number of methoxy groups -OCH3 is 1. The van der Waals surface area contributed by atoms with Crippen molar-refractivity contribution in [3.8, 4) is 5.88 Å². The summed E-state index contributed by atoms with van der Waals surface area (Å²) in [6.07, 6.45) is 0. The van der Waals surface area contributed by atoms with Gasteiger partial charge < -0.3 is 4.74 Å². The lowest BCUT2D eigenvalue weighted by atomic mass is 9.83. The molecule has 32 heavy (non-hydrogen) atoms. The van der Waals surface area contributed by atoms with E-state index in [0.29, 0.717) is 11.4 Å². The van der Waals surface area contributed by atoms with E-state index >= 15 is 0 Å². The van der Waals surface area contributed by atoms with Crippen LogP contribution in [-0.2, 0) is 0 Å². The van der Waals surface area contributed by atoms with Gasteiger partial charge in [-0.15, -0.1) is 0 Å². The van der Waals surface area contributed by atoms with Crippen LogP contribution in [0.15, 0.2) is 102 Å². The molecule has 0 aliphatic rings. The number of hydrogen-bond donors (Lipinski definition) is 0. The van der Waals surface area contributed by atoms with Crippen molar-refractivity contribution in [3.63, 3.8) is 0 Å². The quantitative estimate of drug-likeness (QED) is 0.249. The van der Waals surface area contributed by atoms with Gasteiger partial charge in [-0.2, -0.15) is 0 Å². The van der Waals surface area contributed by atoms with Crippen LogP contribution in [0.25, 0.3) is 21.7 Å². The van der Waals surface area contributed by atoms with Crippen LogP contribution in [0.2, 0.25) is 0 Å². The fourth-order valence-corrected chi connectivity index (χ4v) is 4.61. The summed E-state index contributed by atoms with van der Waals surface area (Å²) in [4.78, 5) is 18.9. The molecule has 156 valence electrons. The second kappa shape index (κ2) is 8.56. The number of pyridine rings is 1. The molecule has 0 saturated carbocycles. The highest BCUT2D eigenvalue weighted by Crippen LogP contribution is 2.37. The zero-order chi connectivity index (χ0) is 22.1. The zero-order valence-corrected chi connectivity index (χ0v) is 19.0. The Labute approximate surface area is 194 Å². The highest BCUT2D eigenvalue weighted by atomic mass is 79.9. The molecule has 1 heterocycles. The number of rotatable bonds is 5. The Kier molecular flexibility index (Phi) is 5.46. The van der Waals surface area contributed by atoms with Gasteiger partial charge in [-0.1, -0.05) is 88.7 Å². The van der Waals surface area contributed by atoms with E-state index in [0.717, 1.165) is 37.3 Å². The van der Waals surface area contributed by atoms with Crippen molar-refractivity contribution in [2.75, 3.05) is 7.11 Å². The average Bonchev–Trinajstić information content (AvgIpc) is 2.84. The minimum atomic E-state index is -0.548. The molecule has 1 unspecified atom stereocenters. The van der Waals surface area contributed by atoms with E-state index in [1.54, 1.807) is 7.11 Å². The molecule has 5 rings (SSSR count). The minimum Gasteiger partial charge on any atom is -0.481 e. The van der Waals surface area contributed by atoms with E-state index in [1.165, 1.54) is 0 Å². The van der Waals surface area contributed by atoms with Gasteiger partial charge in [-0.3, -0.25) is 4.79 Å². The largest absolute Gasteiger partial charge is 0.481 e. The van der Waals surface area contributed by atoms with Crippen LogP contribution >= 0.6 is 15.9 Å². The molecule has 0 aliphatic heterocycles. The van der Waals surface area contributed by atoms with E-state index < -0.39 is 5.92 Å². The Bertz CT molecular complexity index is 1440. The molecular formula is C28H20BrNO2. The summed E-state index contributed by atoms with van der Waals surface area (Å²) in [6, 6.07) is 31.6. The predicted molar refractivity (Wildman–Crippen MR) is 133 cm³/mol. The highest BCUT2D eigenvalue weighted by Gasteiger charge is 2.29. The van der Waals surface area contributed by atoms with Crippen molar-refractivity contribution in [1.82, 2.24) is 4.98 Å². The second-order valence-electron chi connectivity index (χ2n) is 7.66. The summed E-state index contributed by atoms with van der Waals surface area (Å²) >= 11 is 3.54. The summed E-state index contributed by atoms with van der Waals surface area (Å²) in [5, 5.41) is 2.93. The molecule has 0 N–H and O–H groups in total. The lowest BCUT2D eigenvalue weighted by Crippen LogP contribution is -2.16. The van der Waals surface area contributed by atoms with E-state index in [-0.39, 0.29) is 5.78 Å². The average molecular weight is 482 g/mol. The monoisotopic (exact) mass is 481 g/mol. The predicted octanol–water partition coefficient (Wildman–Crippen LogP) is 7.17. The molecule has 1 aromatic heterocycles. The molecule has 0 spiro atoms. The lowest BCUT2D eigenvalue weighted by Gasteiger charge is -2.20. The number of halogens is 1. The number of fused-ring (bicyclic) bond motifs is 2. The van der Waals surface area contributed by atoms with E-state index in [2.05, 4.69) is 15.9 Å². The molecule has 0 radical (unpaired) electrons. The number of nitrogens with zero attached hydrogens (tertiary/aromatic N) is 1. The molecule has 4 heteroatoms. The summed E-state index contributed by atoms with van der Waals surface area (Å²) in [6.45, 7) is 0. The molecule has 3 nitrogen and oxygen atoms in total. The van der Waals surface area contributed by atoms with Crippen LogP contribution in [0.5, 0.6) is 5.88 Å². The van der Waals surface area contributed by atoms with Crippen LogP contribution in [0.4, 0.5) is 0 Å². The number of carbonyl (C=O) groups is 1. The van der Waals surface area contributed by atoms with Crippen molar-refractivity contribution in [1.29, 1.82) is 0 Å². The first-order chi connectivity index (χ1) is 15.7. The number of hydrogen-bond acceptors (Lipinski definition) is 3. The molecule has 0 fully saturated rings.